The highest BCUT2D eigenvalue weighted by Crippen LogP contribution is 2.20. The van der Waals surface area contributed by atoms with Gasteiger partial charge in [0.2, 0.25) is 0 Å². The Morgan fingerprint density at radius 3 is 2.88 bits per heavy atom. The summed E-state index contributed by atoms with van der Waals surface area (Å²) in [5.74, 6) is 1.64. The van der Waals surface area contributed by atoms with Gasteiger partial charge in [-0.3, -0.25) is 9.58 Å². The van der Waals surface area contributed by atoms with Crippen LogP contribution in [0.1, 0.15) is 17.0 Å². The molecule has 1 aliphatic rings. The van der Waals surface area contributed by atoms with E-state index in [-0.39, 0.29) is 0 Å². The Morgan fingerprint density at radius 2 is 2.00 bits per heavy atom. The predicted octanol–water partition coefficient (Wildman–Crippen LogP) is 2.14. The highest BCUT2D eigenvalue weighted by molar-refractivity contribution is 5.86. The summed E-state index contributed by atoms with van der Waals surface area (Å²) in [5.41, 5.74) is 3.82. The quantitative estimate of drug-likeness (QED) is 0.797. The second-order valence-corrected chi connectivity index (χ2v) is 6.35. The summed E-state index contributed by atoms with van der Waals surface area (Å²) in [6, 6.07) is 8.74. The highest BCUT2D eigenvalue weighted by atomic mass is 15.3. The molecule has 124 valence electrons. The van der Waals surface area contributed by atoms with Crippen molar-refractivity contribution in [3.8, 4) is 0 Å². The summed E-state index contributed by atoms with van der Waals surface area (Å²) < 4.78 is 1.79. The number of rotatable bonds is 4. The smallest absolute Gasteiger partial charge is 0.163 e. The maximum atomic E-state index is 4.54. The monoisotopic (exact) mass is 322 g/mol. The largest absolute Gasteiger partial charge is 0.368 e. The van der Waals surface area contributed by atoms with Crippen molar-refractivity contribution in [2.24, 2.45) is 7.05 Å². The Hall–Kier alpha value is -2.47. The van der Waals surface area contributed by atoms with Gasteiger partial charge in [0.15, 0.2) is 5.65 Å². The van der Waals surface area contributed by atoms with E-state index < -0.39 is 0 Å². The van der Waals surface area contributed by atoms with Crippen LogP contribution < -0.4 is 5.32 Å². The van der Waals surface area contributed by atoms with E-state index in [1.54, 1.807) is 4.68 Å². The third-order valence-corrected chi connectivity index (χ3v) is 4.63. The zero-order chi connectivity index (χ0) is 16.5. The molecule has 0 bridgehead atoms. The maximum absolute atomic E-state index is 4.54. The molecule has 0 saturated heterocycles. The fourth-order valence-electron chi connectivity index (χ4n) is 3.34. The number of fused-ring (bicyclic) bond motifs is 2. The van der Waals surface area contributed by atoms with Gasteiger partial charge < -0.3 is 5.32 Å². The number of nitrogens with zero attached hydrogens (tertiary/aromatic N) is 5. The van der Waals surface area contributed by atoms with E-state index in [0.29, 0.717) is 0 Å². The van der Waals surface area contributed by atoms with E-state index in [9.17, 15) is 0 Å². The fourth-order valence-corrected chi connectivity index (χ4v) is 3.34. The van der Waals surface area contributed by atoms with Gasteiger partial charge in [-0.2, -0.15) is 5.10 Å². The first kappa shape index (κ1) is 15.1. The molecule has 0 radical (unpaired) electrons. The molecule has 6 heteroatoms. The number of hydrogen-bond donors (Lipinski definition) is 1. The molecule has 3 aromatic rings. The van der Waals surface area contributed by atoms with Gasteiger partial charge in [0.1, 0.15) is 11.6 Å². The minimum Gasteiger partial charge on any atom is -0.368 e. The molecule has 2 aromatic heterocycles. The number of benzene rings is 1. The van der Waals surface area contributed by atoms with E-state index in [4.69, 9.17) is 0 Å². The molecule has 0 spiro atoms. The lowest BCUT2D eigenvalue weighted by molar-refractivity contribution is 0.264. The SMILES string of the molecule is Cc1nc(NCCN2CCc3ccccc3C2)c2cnn(C)c2n1. The van der Waals surface area contributed by atoms with E-state index in [1.165, 1.54) is 11.1 Å². The number of aryl methyl sites for hydroxylation is 2. The van der Waals surface area contributed by atoms with Crippen LogP contribution in [0.25, 0.3) is 11.0 Å². The van der Waals surface area contributed by atoms with Gasteiger partial charge >= 0.3 is 0 Å². The molecule has 6 nitrogen and oxygen atoms in total. The van der Waals surface area contributed by atoms with Gasteiger partial charge in [-0.25, -0.2) is 9.97 Å². The zero-order valence-corrected chi connectivity index (χ0v) is 14.2. The van der Waals surface area contributed by atoms with Gasteiger partial charge in [-0.05, 0) is 24.5 Å². The van der Waals surface area contributed by atoms with Crippen molar-refractivity contribution in [3.05, 3.63) is 47.4 Å². The molecule has 1 aromatic carbocycles. The lowest BCUT2D eigenvalue weighted by Gasteiger charge is -2.28. The van der Waals surface area contributed by atoms with Gasteiger partial charge in [-0.1, -0.05) is 24.3 Å². The lowest BCUT2D eigenvalue weighted by Crippen LogP contribution is -2.34. The predicted molar refractivity (Wildman–Crippen MR) is 95.0 cm³/mol. The van der Waals surface area contributed by atoms with E-state index in [1.807, 2.05) is 20.2 Å². The average Bonchev–Trinajstić information content (AvgIpc) is 2.96. The fraction of sp³-hybridized carbons (Fsp3) is 0.389. The molecule has 0 atom stereocenters. The molecular formula is C18H22N6. The first-order valence-corrected chi connectivity index (χ1v) is 8.40. The summed E-state index contributed by atoms with van der Waals surface area (Å²) in [6.45, 7) is 5.92. The summed E-state index contributed by atoms with van der Waals surface area (Å²) in [4.78, 5) is 11.5. The summed E-state index contributed by atoms with van der Waals surface area (Å²) in [6.07, 6.45) is 2.96. The topological polar surface area (TPSA) is 58.9 Å². The Morgan fingerprint density at radius 1 is 1.17 bits per heavy atom. The van der Waals surface area contributed by atoms with Gasteiger partial charge in [-0.15, -0.1) is 0 Å². The van der Waals surface area contributed by atoms with Crippen molar-refractivity contribution in [2.75, 3.05) is 25.0 Å². The minimum absolute atomic E-state index is 0.764. The molecule has 4 rings (SSSR count). The van der Waals surface area contributed by atoms with E-state index in [0.717, 1.165) is 55.3 Å². The Balaban J connectivity index is 1.42. The normalized spacial score (nSPS) is 14.8. The second kappa shape index (κ2) is 6.20. The first-order chi connectivity index (χ1) is 11.7. The Kier molecular flexibility index (Phi) is 3.90. The van der Waals surface area contributed by atoms with Gasteiger partial charge in [0, 0.05) is 33.2 Å². The number of nitrogens with one attached hydrogen (secondary N) is 1. The third kappa shape index (κ3) is 2.85. The third-order valence-electron chi connectivity index (χ3n) is 4.63. The molecule has 3 heterocycles. The number of anilines is 1. The van der Waals surface area contributed by atoms with Crippen molar-refractivity contribution >= 4 is 16.9 Å². The van der Waals surface area contributed by atoms with Crippen molar-refractivity contribution in [3.63, 3.8) is 0 Å². The van der Waals surface area contributed by atoms with Crippen molar-refractivity contribution < 1.29 is 0 Å². The summed E-state index contributed by atoms with van der Waals surface area (Å²) in [7, 11) is 1.91. The van der Waals surface area contributed by atoms with Crippen LogP contribution in [0.2, 0.25) is 0 Å². The zero-order valence-electron chi connectivity index (χ0n) is 14.2. The molecule has 0 fully saturated rings. The molecule has 0 saturated carbocycles. The Bertz CT molecular complexity index is 869. The van der Waals surface area contributed by atoms with Crippen LogP contribution in [0.15, 0.2) is 30.5 Å². The van der Waals surface area contributed by atoms with Gasteiger partial charge in [0.25, 0.3) is 0 Å². The van der Waals surface area contributed by atoms with Crippen LogP contribution in [-0.2, 0) is 20.0 Å². The number of hydrogen-bond acceptors (Lipinski definition) is 5. The first-order valence-electron chi connectivity index (χ1n) is 8.40. The van der Waals surface area contributed by atoms with Crippen LogP contribution in [0.4, 0.5) is 5.82 Å². The van der Waals surface area contributed by atoms with Crippen molar-refractivity contribution in [1.29, 1.82) is 0 Å². The van der Waals surface area contributed by atoms with Crippen LogP contribution in [0.5, 0.6) is 0 Å². The highest BCUT2D eigenvalue weighted by Gasteiger charge is 2.15. The molecular weight excluding hydrogens is 300 g/mol. The van der Waals surface area contributed by atoms with Crippen LogP contribution >= 0.6 is 0 Å². The van der Waals surface area contributed by atoms with Crippen LogP contribution in [-0.4, -0.2) is 44.3 Å². The Labute approximate surface area is 141 Å². The molecule has 0 unspecified atom stereocenters. The second-order valence-electron chi connectivity index (χ2n) is 6.35. The standard InChI is InChI=1S/C18H22N6/c1-13-21-17(16-11-20-23(2)18(16)22-13)19-8-10-24-9-7-14-5-3-4-6-15(14)12-24/h3-6,11H,7-10,12H2,1-2H3,(H,19,21,22). The molecule has 0 aliphatic carbocycles. The van der Waals surface area contributed by atoms with Crippen LogP contribution in [0, 0.1) is 6.92 Å². The van der Waals surface area contributed by atoms with Crippen LogP contribution in [0.3, 0.4) is 0 Å². The lowest BCUT2D eigenvalue weighted by atomic mass is 10.00. The molecule has 1 aliphatic heterocycles. The van der Waals surface area contributed by atoms with Gasteiger partial charge in [0.05, 0.1) is 11.6 Å². The molecule has 0 amide bonds. The number of aromatic nitrogens is 4. The van der Waals surface area contributed by atoms with Crippen molar-refractivity contribution in [1.82, 2.24) is 24.6 Å². The van der Waals surface area contributed by atoms with E-state index in [2.05, 4.69) is 49.5 Å². The maximum Gasteiger partial charge on any atom is 0.163 e. The molecule has 1 N–H and O–H groups in total. The van der Waals surface area contributed by atoms with E-state index >= 15 is 0 Å². The summed E-state index contributed by atoms with van der Waals surface area (Å²) in [5, 5.41) is 8.73. The van der Waals surface area contributed by atoms with Crippen molar-refractivity contribution in [2.45, 2.75) is 19.9 Å². The molecule has 24 heavy (non-hydrogen) atoms. The summed E-state index contributed by atoms with van der Waals surface area (Å²) >= 11 is 0. The minimum atomic E-state index is 0.764. The average molecular weight is 322 g/mol.